The minimum atomic E-state index is -0.557. The van der Waals surface area contributed by atoms with Gasteiger partial charge in [-0.05, 0) is 35.9 Å². The third kappa shape index (κ3) is 3.57. The Balaban J connectivity index is 1.95. The highest BCUT2D eigenvalue weighted by Gasteiger charge is 2.39. The molecule has 2 aromatic carbocycles. The second-order valence-electron chi connectivity index (χ2n) is 6.31. The molecule has 0 unspecified atom stereocenters. The van der Waals surface area contributed by atoms with Crippen molar-refractivity contribution in [3.8, 4) is 0 Å². The van der Waals surface area contributed by atoms with Crippen molar-refractivity contribution in [2.45, 2.75) is 6.92 Å². The Morgan fingerprint density at radius 1 is 1.04 bits per heavy atom. The molecule has 1 heterocycles. The van der Waals surface area contributed by atoms with Crippen LogP contribution in [-0.4, -0.2) is 31.8 Å². The maximum atomic E-state index is 13.0. The molecule has 1 N–H and O–H groups in total. The lowest BCUT2D eigenvalue weighted by Crippen LogP contribution is -2.31. The summed E-state index contributed by atoms with van der Waals surface area (Å²) < 4.78 is 0. The zero-order valence-electron chi connectivity index (χ0n) is 15.1. The molecule has 0 saturated carbocycles. The lowest BCUT2D eigenvalue weighted by molar-refractivity contribution is -0.120. The fourth-order valence-corrected chi connectivity index (χ4v) is 3.10. The molecular formula is C20H18ClN3O3. The topological polar surface area (TPSA) is 69.7 Å². The van der Waals surface area contributed by atoms with Gasteiger partial charge in [0.1, 0.15) is 5.03 Å². The van der Waals surface area contributed by atoms with Gasteiger partial charge in [-0.25, -0.2) is 4.90 Å². The zero-order chi connectivity index (χ0) is 19.7. The maximum absolute atomic E-state index is 13.0. The fourth-order valence-electron chi connectivity index (χ4n) is 2.82. The predicted molar refractivity (Wildman–Crippen MR) is 107 cm³/mol. The Labute approximate surface area is 162 Å². The third-order valence-corrected chi connectivity index (χ3v) is 4.48. The number of hydrogen-bond acceptors (Lipinski definition) is 4. The van der Waals surface area contributed by atoms with Gasteiger partial charge in [0.2, 0.25) is 5.91 Å². The number of anilines is 3. The molecule has 0 fully saturated rings. The quantitative estimate of drug-likeness (QED) is 0.823. The van der Waals surface area contributed by atoms with Crippen molar-refractivity contribution in [1.29, 1.82) is 0 Å². The number of nitrogens with zero attached hydrogens (tertiary/aromatic N) is 2. The average Bonchev–Trinajstić information content (AvgIpc) is 2.84. The molecule has 0 radical (unpaired) electrons. The zero-order valence-corrected chi connectivity index (χ0v) is 15.9. The van der Waals surface area contributed by atoms with E-state index in [-0.39, 0.29) is 16.5 Å². The average molecular weight is 384 g/mol. The molecule has 0 atom stereocenters. The molecule has 0 aromatic heterocycles. The highest BCUT2D eigenvalue weighted by molar-refractivity contribution is 6.60. The Hall–Kier alpha value is -3.12. The number of carbonyl (C=O) groups excluding carboxylic acids is 3. The number of imide groups is 1. The Bertz CT molecular complexity index is 965. The Morgan fingerprint density at radius 2 is 1.70 bits per heavy atom. The number of nitrogens with one attached hydrogen (secondary N) is 1. The van der Waals surface area contributed by atoms with Crippen molar-refractivity contribution >= 4 is 52.0 Å². The van der Waals surface area contributed by atoms with Crippen molar-refractivity contribution in [1.82, 2.24) is 0 Å². The SMILES string of the molecule is CC(=O)Nc1ccc(C2=C(Cl)C(=O)N(c3cccc(N(C)C)c3)C2=O)cc1. The first-order valence-corrected chi connectivity index (χ1v) is 8.61. The minimum absolute atomic E-state index is 0.123. The van der Waals surface area contributed by atoms with E-state index in [1.54, 1.807) is 42.5 Å². The van der Waals surface area contributed by atoms with Crippen LogP contribution in [0.4, 0.5) is 17.1 Å². The van der Waals surface area contributed by atoms with Crippen LogP contribution in [0.25, 0.3) is 5.57 Å². The van der Waals surface area contributed by atoms with E-state index in [0.717, 1.165) is 10.6 Å². The van der Waals surface area contributed by atoms with Gasteiger partial charge >= 0.3 is 0 Å². The Morgan fingerprint density at radius 3 is 2.30 bits per heavy atom. The van der Waals surface area contributed by atoms with Crippen LogP contribution in [0.5, 0.6) is 0 Å². The first-order valence-electron chi connectivity index (χ1n) is 8.23. The molecule has 0 aliphatic carbocycles. The van der Waals surface area contributed by atoms with Gasteiger partial charge in [0.15, 0.2) is 0 Å². The van der Waals surface area contributed by atoms with Gasteiger partial charge in [0.25, 0.3) is 11.8 Å². The summed E-state index contributed by atoms with van der Waals surface area (Å²) in [5, 5.41) is 2.53. The van der Waals surface area contributed by atoms with E-state index in [1.807, 2.05) is 25.1 Å². The standard InChI is InChI=1S/C20H18ClN3O3/c1-12(25)22-14-9-7-13(8-10-14)17-18(21)20(27)24(19(17)26)16-6-4-5-15(11-16)23(2)3/h4-11H,1-3H3,(H,22,25). The molecule has 0 saturated heterocycles. The van der Waals surface area contributed by atoms with Crippen LogP contribution >= 0.6 is 11.6 Å². The molecular weight excluding hydrogens is 366 g/mol. The summed E-state index contributed by atoms with van der Waals surface area (Å²) in [6.07, 6.45) is 0. The summed E-state index contributed by atoms with van der Waals surface area (Å²) in [6, 6.07) is 13.7. The van der Waals surface area contributed by atoms with Gasteiger partial charge in [0.05, 0.1) is 11.3 Å². The van der Waals surface area contributed by atoms with Crippen molar-refractivity contribution in [3.63, 3.8) is 0 Å². The third-order valence-electron chi connectivity index (χ3n) is 4.13. The summed E-state index contributed by atoms with van der Waals surface area (Å²) in [6.45, 7) is 1.41. The molecule has 7 heteroatoms. The summed E-state index contributed by atoms with van der Waals surface area (Å²) in [4.78, 5) is 39.7. The summed E-state index contributed by atoms with van der Waals surface area (Å²) in [7, 11) is 3.75. The van der Waals surface area contributed by atoms with Crippen LogP contribution in [0.15, 0.2) is 53.6 Å². The highest BCUT2D eigenvalue weighted by Crippen LogP contribution is 2.36. The molecule has 3 amide bonds. The molecule has 138 valence electrons. The number of hydrogen-bond donors (Lipinski definition) is 1. The van der Waals surface area contributed by atoms with Crippen LogP contribution in [0.3, 0.4) is 0 Å². The second-order valence-corrected chi connectivity index (χ2v) is 6.69. The van der Waals surface area contributed by atoms with Gasteiger partial charge in [0, 0.05) is 32.4 Å². The van der Waals surface area contributed by atoms with Crippen LogP contribution < -0.4 is 15.1 Å². The largest absolute Gasteiger partial charge is 0.378 e. The predicted octanol–water partition coefficient (Wildman–Crippen LogP) is 3.23. The van der Waals surface area contributed by atoms with Crippen LogP contribution in [0.2, 0.25) is 0 Å². The first kappa shape index (κ1) is 18.7. The molecule has 1 aliphatic rings. The summed E-state index contributed by atoms with van der Waals surface area (Å²) in [5.74, 6) is -1.23. The maximum Gasteiger partial charge on any atom is 0.277 e. The van der Waals surface area contributed by atoms with E-state index in [1.165, 1.54) is 6.92 Å². The van der Waals surface area contributed by atoms with Gasteiger partial charge < -0.3 is 10.2 Å². The first-order chi connectivity index (χ1) is 12.8. The van der Waals surface area contributed by atoms with Crippen molar-refractivity contribution < 1.29 is 14.4 Å². The van der Waals surface area contributed by atoms with E-state index in [4.69, 9.17) is 11.6 Å². The fraction of sp³-hybridized carbons (Fsp3) is 0.150. The molecule has 0 spiro atoms. The smallest absolute Gasteiger partial charge is 0.277 e. The summed E-state index contributed by atoms with van der Waals surface area (Å²) in [5.41, 5.74) is 2.57. The van der Waals surface area contributed by atoms with Gasteiger partial charge in [-0.3, -0.25) is 14.4 Å². The van der Waals surface area contributed by atoms with Gasteiger partial charge in [-0.15, -0.1) is 0 Å². The lowest BCUT2D eigenvalue weighted by atomic mass is 10.1. The van der Waals surface area contributed by atoms with E-state index >= 15 is 0 Å². The van der Waals surface area contributed by atoms with Crippen molar-refractivity contribution in [2.75, 3.05) is 29.2 Å². The number of rotatable bonds is 4. The van der Waals surface area contributed by atoms with Crippen molar-refractivity contribution in [2.24, 2.45) is 0 Å². The van der Waals surface area contributed by atoms with Crippen LogP contribution in [0.1, 0.15) is 12.5 Å². The molecule has 1 aliphatic heterocycles. The van der Waals surface area contributed by atoms with Gasteiger partial charge in [-0.1, -0.05) is 29.8 Å². The monoisotopic (exact) mass is 383 g/mol. The van der Waals surface area contributed by atoms with Crippen LogP contribution in [0, 0.1) is 0 Å². The van der Waals surface area contributed by atoms with E-state index in [0.29, 0.717) is 16.9 Å². The molecule has 6 nitrogen and oxygen atoms in total. The molecule has 2 aromatic rings. The molecule has 0 bridgehead atoms. The molecule has 3 rings (SSSR count). The van der Waals surface area contributed by atoms with E-state index in [9.17, 15) is 14.4 Å². The number of halogens is 1. The summed E-state index contributed by atoms with van der Waals surface area (Å²) >= 11 is 6.22. The van der Waals surface area contributed by atoms with Crippen molar-refractivity contribution in [3.05, 3.63) is 59.1 Å². The Kier molecular flexibility index (Phi) is 5.01. The number of benzene rings is 2. The second kappa shape index (κ2) is 7.25. The number of carbonyl (C=O) groups is 3. The normalized spacial score (nSPS) is 14.0. The number of amides is 3. The van der Waals surface area contributed by atoms with E-state index < -0.39 is 11.8 Å². The highest BCUT2D eigenvalue weighted by atomic mass is 35.5. The lowest BCUT2D eigenvalue weighted by Gasteiger charge is -2.18. The minimum Gasteiger partial charge on any atom is -0.378 e. The van der Waals surface area contributed by atoms with Gasteiger partial charge in [-0.2, -0.15) is 0 Å². The molecule has 27 heavy (non-hydrogen) atoms. The van der Waals surface area contributed by atoms with Crippen LogP contribution in [-0.2, 0) is 14.4 Å². The van der Waals surface area contributed by atoms with E-state index in [2.05, 4.69) is 5.32 Å².